The zero-order valence-corrected chi connectivity index (χ0v) is 12.1. The van der Waals surface area contributed by atoms with Crippen LogP contribution in [-0.2, 0) is 14.3 Å². The van der Waals surface area contributed by atoms with Crippen molar-refractivity contribution < 1.29 is 14.3 Å². The number of esters is 1. The molecule has 22 heavy (non-hydrogen) atoms. The Kier molecular flexibility index (Phi) is 3.74. The lowest BCUT2D eigenvalue weighted by atomic mass is 10.0. The number of fused-ring (bicyclic) bond motifs is 3. The highest BCUT2D eigenvalue weighted by atomic mass is 16.5. The molecule has 0 atom stereocenters. The van der Waals surface area contributed by atoms with Gasteiger partial charge in [0.1, 0.15) is 0 Å². The van der Waals surface area contributed by atoms with Crippen molar-refractivity contribution in [2.24, 2.45) is 0 Å². The topological polar surface area (TPSA) is 55.4 Å². The second kappa shape index (κ2) is 5.85. The molecule has 0 heterocycles. The fourth-order valence-electron chi connectivity index (χ4n) is 2.47. The van der Waals surface area contributed by atoms with E-state index in [4.69, 9.17) is 0 Å². The molecule has 0 spiro atoms. The first-order chi connectivity index (χ1) is 10.7. The smallest absolute Gasteiger partial charge is 0.397 e. The maximum Gasteiger partial charge on any atom is 0.397 e. The number of hydrogen-bond acceptors (Lipinski definition) is 3. The van der Waals surface area contributed by atoms with Crippen molar-refractivity contribution in [3.63, 3.8) is 0 Å². The van der Waals surface area contributed by atoms with Crippen LogP contribution in [0.15, 0.2) is 54.6 Å². The summed E-state index contributed by atoms with van der Waals surface area (Å²) < 4.78 is 4.67. The zero-order chi connectivity index (χ0) is 15.5. The van der Waals surface area contributed by atoms with E-state index in [1.807, 2.05) is 36.4 Å². The predicted molar refractivity (Wildman–Crippen MR) is 86.7 cm³/mol. The van der Waals surface area contributed by atoms with Gasteiger partial charge in [0.25, 0.3) is 0 Å². The minimum atomic E-state index is -0.874. The number of nitrogens with one attached hydrogen (secondary N) is 1. The molecule has 0 saturated carbocycles. The van der Waals surface area contributed by atoms with Gasteiger partial charge in [-0.3, -0.25) is 4.79 Å². The van der Waals surface area contributed by atoms with Gasteiger partial charge in [0.2, 0.25) is 0 Å². The predicted octanol–water partition coefficient (Wildman–Crippen LogP) is 3.49. The first-order valence-corrected chi connectivity index (χ1v) is 7.08. The van der Waals surface area contributed by atoms with Gasteiger partial charge in [0.15, 0.2) is 0 Å². The van der Waals surface area contributed by atoms with Gasteiger partial charge in [-0.15, -0.1) is 0 Å². The molecule has 4 nitrogen and oxygen atoms in total. The standard InChI is InChI=1S/C18H15NO3/c1-2-22-18(21)17(20)19-14-9-10-16-13(11-14)8-7-12-5-3-4-6-15(12)16/h3-11H,2H2,1H3,(H,19,20). The van der Waals surface area contributed by atoms with Crippen molar-refractivity contribution in [2.45, 2.75) is 6.92 Å². The molecule has 0 fully saturated rings. The lowest BCUT2D eigenvalue weighted by Crippen LogP contribution is -2.24. The molecule has 0 aromatic heterocycles. The summed E-state index contributed by atoms with van der Waals surface area (Å²) in [5.41, 5.74) is 0.570. The van der Waals surface area contributed by atoms with Gasteiger partial charge in [-0.1, -0.05) is 42.5 Å². The molecule has 4 heteroatoms. The van der Waals surface area contributed by atoms with Crippen LogP contribution in [-0.4, -0.2) is 18.5 Å². The number of hydrogen-bond donors (Lipinski definition) is 1. The van der Waals surface area contributed by atoms with Crippen molar-refractivity contribution >= 4 is 39.1 Å². The van der Waals surface area contributed by atoms with Crippen molar-refractivity contribution in [3.8, 4) is 0 Å². The third-order valence-corrected chi connectivity index (χ3v) is 3.46. The maximum atomic E-state index is 11.7. The number of carbonyl (C=O) groups is 2. The molecule has 0 bridgehead atoms. The minimum Gasteiger partial charge on any atom is -0.459 e. The quantitative estimate of drug-likeness (QED) is 0.447. The van der Waals surface area contributed by atoms with E-state index in [9.17, 15) is 9.59 Å². The van der Waals surface area contributed by atoms with E-state index in [-0.39, 0.29) is 6.61 Å². The molecular weight excluding hydrogens is 278 g/mol. The Morgan fingerprint density at radius 3 is 2.50 bits per heavy atom. The van der Waals surface area contributed by atoms with E-state index in [1.54, 1.807) is 13.0 Å². The van der Waals surface area contributed by atoms with E-state index >= 15 is 0 Å². The van der Waals surface area contributed by atoms with Crippen LogP contribution < -0.4 is 5.32 Å². The minimum absolute atomic E-state index is 0.177. The molecular formula is C18H15NO3. The van der Waals surface area contributed by atoms with Crippen LogP contribution in [0.2, 0.25) is 0 Å². The van der Waals surface area contributed by atoms with Gasteiger partial charge < -0.3 is 10.1 Å². The van der Waals surface area contributed by atoms with Crippen LogP contribution >= 0.6 is 0 Å². The van der Waals surface area contributed by atoms with E-state index in [1.165, 1.54) is 5.39 Å². The fourth-order valence-corrected chi connectivity index (χ4v) is 2.47. The average Bonchev–Trinajstić information content (AvgIpc) is 2.54. The molecule has 1 amide bonds. The summed E-state index contributed by atoms with van der Waals surface area (Å²) in [5.74, 6) is -1.64. The number of anilines is 1. The monoisotopic (exact) mass is 293 g/mol. The second-order valence-corrected chi connectivity index (χ2v) is 4.90. The third kappa shape index (κ3) is 2.63. The average molecular weight is 293 g/mol. The number of amides is 1. The van der Waals surface area contributed by atoms with Crippen molar-refractivity contribution in [1.29, 1.82) is 0 Å². The van der Waals surface area contributed by atoms with Gasteiger partial charge in [0, 0.05) is 5.69 Å². The molecule has 3 aromatic rings. The first kappa shape index (κ1) is 14.1. The van der Waals surface area contributed by atoms with Crippen LogP contribution in [0.3, 0.4) is 0 Å². The summed E-state index contributed by atoms with van der Waals surface area (Å²) in [4.78, 5) is 23.0. The number of benzene rings is 3. The molecule has 0 saturated heterocycles. The number of rotatable bonds is 2. The van der Waals surface area contributed by atoms with Gasteiger partial charge >= 0.3 is 11.9 Å². The highest BCUT2D eigenvalue weighted by Gasteiger charge is 2.14. The number of ether oxygens (including phenoxy) is 1. The SMILES string of the molecule is CCOC(=O)C(=O)Nc1ccc2c(ccc3ccccc32)c1. The molecule has 0 unspecified atom stereocenters. The van der Waals surface area contributed by atoms with Crippen LogP contribution in [0.4, 0.5) is 5.69 Å². The largest absolute Gasteiger partial charge is 0.459 e. The van der Waals surface area contributed by atoms with Crippen LogP contribution in [0.1, 0.15) is 6.92 Å². The maximum absolute atomic E-state index is 11.7. The van der Waals surface area contributed by atoms with E-state index in [0.717, 1.165) is 16.2 Å². The Hall–Kier alpha value is -2.88. The van der Waals surface area contributed by atoms with Crippen LogP contribution in [0.25, 0.3) is 21.5 Å². The van der Waals surface area contributed by atoms with E-state index < -0.39 is 11.9 Å². The summed E-state index contributed by atoms with van der Waals surface area (Å²) in [6, 6.07) is 17.7. The molecule has 110 valence electrons. The van der Waals surface area contributed by atoms with Gasteiger partial charge in [-0.25, -0.2) is 4.79 Å². The molecule has 1 N–H and O–H groups in total. The Morgan fingerprint density at radius 2 is 1.68 bits per heavy atom. The molecule has 0 aliphatic carbocycles. The zero-order valence-electron chi connectivity index (χ0n) is 12.1. The van der Waals surface area contributed by atoms with Crippen molar-refractivity contribution in [1.82, 2.24) is 0 Å². The van der Waals surface area contributed by atoms with E-state index in [2.05, 4.69) is 22.2 Å². The lowest BCUT2D eigenvalue weighted by molar-refractivity contribution is -0.152. The molecule has 3 aromatic carbocycles. The molecule has 0 radical (unpaired) electrons. The fraction of sp³-hybridized carbons (Fsp3) is 0.111. The van der Waals surface area contributed by atoms with Crippen LogP contribution in [0.5, 0.6) is 0 Å². The third-order valence-electron chi connectivity index (χ3n) is 3.46. The Balaban J connectivity index is 1.95. The van der Waals surface area contributed by atoms with E-state index in [0.29, 0.717) is 5.69 Å². The highest BCUT2D eigenvalue weighted by Crippen LogP contribution is 2.27. The van der Waals surface area contributed by atoms with Crippen molar-refractivity contribution in [3.05, 3.63) is 54.6 Å². The molecule has 0 aliphatic heterocycles. The lowest BCUT2D eigenvalue weighted by Gasteiger charge is -2.08. The summed E-state index contributed by atoms with van der Waals surface area (Å²) in [5, 5.41) is 6.98. The molecule has 0 aliphatic rings. The summed E-state index contributed by atoms with van der Waals surface area (Å²) in [6.07, 6.45) is 0. The van der Waals surface area contributed by atoms with Gasteiger partial charge in [-0.2, -0.15) is 0 Å². The number of carbonyl (C=O) groups excluding carboxylic acids is 2. The Morgan fingerprint density at radius 1 is 0.955 bits per heavy atom. The van der Waals surface area contributed by atoms with Crippen LogP contribution in [0, 0.1) is 0 Å². The Bertz CT molecular complexity index is 870. The summed E-state index contributed by atoms with van der Waals surface area (Å²) >= 11 is 0. The Labute approximate surface area is 127 Å². The van der Waals surface area contributed by atoms with Gasteiger partial charge in [-0.05, 0) is 40.6 Å². The summed E-state index contributed by atoms with van der Waals surface area (Å²) in [6.45, 7) is 1.84. The first-order valence-electron chi connectivity index (χ1n) is 7.08. The highest BCUT2D eigenvalue weighted by molar-refractivity contribution is 6.37. The van der Waals surface area contributed by atoms with Gasteiger partial charge in [0.05, 0.1) is 6.61 Å². The normalized spacial score (nSPS) is 10.6. The van der Waals surface area contributed by atoms with Crippen molar-refractivity contribution in [2.75, 3.05) is 11.9 Å². The molecule has 3 rings (SSSR count). The summed E-state index contributed by atoms with van der Waals surface area (Å²) in [7, 11) is 0. The second-order valence-electron chi connectivity index (χ2n) is 4.90.